The number of nitrogens with two attached hydrogens (primary N) is 1. The van der Waals surface area contributed by atoms with E-state index in [1.54, 1.807) is 19.9 Å². The molecule has 0 aliphatic carbocycles. The lowest BCUT2D eigenvalue weighted by Crippen LogP contribution is -2.16. The zero-order valence-electron chi connectivity index (χ0n) is 11.4. The van der Waals surface area contributed by atoms with E-state index in [1.165, 1.54) is 12.1 Å². The topological polar surface area (TPSA) is 85.3 Å². The van der Waals surface area contributed by atoms with Gasteiger partial charge >= 0.3 is 0 Å². The number of sulfonamides is 1. The third kappa shape index (κ3) is 3.18. The molecule has 0 atom stereocenters. The highest BCUT2D eigenvalue weighted by molar-refractivity contribution is 7.92. The second-order valence-electron chi connectivity index (χ2n) is 4.46. The van der Waals surface area contributed by atoms with Crippen molar-refractivity contribution in [2.24, 2.45) is 5.73 Å². The molecule has 1 heterocycles. The number of hydrogen-bond acceptors (Lipinski definition) is 4. The lowest BCUT2D eigenvalue weighted by Gasteiger charge is -2.10. The molecule has 0 amide bonds. The van der Waals surface area contributed by atoms with E-state index in [9.17, 15) is 8.42 Å². The van der Waals surface area contributed by atoms with Crippen molar-refractivity contribution in [3.05, 3.63) is 45.3 Å². The molecule has 0 fully saturated rings. The fourth-order valence-corrected chi connectivity index (χ4v) is 4.12. The summed E-state index contributed by atoms with van der Waals surface area (Å²) in [4.78, 5) is 0.0496. The molecule has 0 saturated heterocycles. The molecule has 0 radical (unpaired) electrons. The van der Waals surface area contributed by atoms with E-state index in [4.69, 9.17) is 33.4 Å². The van der Waals surface area contributed by atoms with Gasteiger partial charge in [-0.3, -0.25) is 4.72 Å². The van der Waals surface area contributed by atoms with Crippen molar-refractivity contribution in [2.45, 2.75) is 25.3 Å². The Balaban J connectivity index is 2.48. The molecular formula is C13H14Cl2N2O3S. The number of benzene rings is 1. The monoisotopic (exact) mass is 348 g/mol. The Bertz CT molecular complexity index is 785. The van der Waals surface area contributed by atoms with Gasteiger partial charge < -0.3 is 10.2 Å². The number of halogens is 2. The van der Waals surface area contributed by atoms with Crippen molar-refractivity contribution in [1.29, 1.82) is 0 Å². The second-order valence-corrected chi connectivity index (χ2v) is 6.92. The van der Waals surface area contributed by atoms with Gasteiger partial charge in [0.1, 0.15) is 16.4 Å². The molecule has 21 heavy (non-hydrogen) atoms. The highest BCUT2D eigenvalue weighted by atomic mass is 35.5. The highest BCUT2D eigenvalue weighted by Gasteiger charge is 2.26. The minimum absolute atomic E-state index is 0.0496. The van der Waals surface area contributed by atoms with Crippen LogP contribution in [0.25, 0.3) is 0 Å². The summed E-state index contributed by atoms with van der Waals surface area (Å²) in [6.45, 7) is 3.31. The summed E-state index contributed by atoms with van der Waals surface area (Å²) in [6.07, 6.45) is 0. The van der Waals surface area contributed by atoms with Crippen molar-refractivity contribution in [3.8, 4) is 0 Å². The van der Waals surface area contributed by atoms with E-state index < -0.39 is 10.0 Å². The van der Waals surface area contributed by atoms with Crippen molar-refractivity contribution < 1.29 is 12.8 Å². The third-order valence-electron chi connectivity index (χ3n) is 2.97. The van der Waals surface area contributed by atoms with Crippen LogP contribution in [0.5, 0.6) is 0 Å². The van der Waals surface area contributed by atoms with Crippen LogP contribution >= 0.6 is 23.2 Å². The van der Waals surface area contributed by atoms with E-state index in [-0.39, 0.29) is 27.9 Å². The molecule has 3 N–H and O–H groups in total. The summed E-state index contributed by atoms with van der Waals surface area (Å²) in [6, 6.07) is 4.49. The number of aryl methyl sites for hydroxylation is 2. The summed E-state index contributed by atoms with van der Waals surface area (Å²) in [5, 5.41) is 0.624. The minimum Gasteiger partial charge on any atom is -0.465 e. The molecule has 8 heteroatoms. The number of rotatable bonds is 4. The van der Waals surface area contributed by atoms with Gasteiger partial charge in [-0.25, -0.2) is 8.42 Å². The molecule has 1 aromatic carbocycles. The standard InChI is InChI=1S/C13H14Cl2N2O3S/c1-7-10(6-16)13(8(2)20-7)21(18,19)17-12-4-3-9(14)5-11(12)15/h3-5,17H,6,16H2,1-2H3. The van der Waals surface area contributed by atoms with E-state index in [0.29, 0.717) is 16.3 Å². The Morgan fingerprint density at radius 1 is 1.24 bits per heavy atom. The van der Waals surface area contributed by atoms with Crippen molar-refractivity contribution >= 4 is 38.9 Å². The zero-order chi connectivity index (χ0) is 15.8. The lowest BCUT2D eigenvalue weighted by atomic mass is 10.2. The van der Waals surface area contributed by atoms with Crippen molar-refractivity contribution in [3.63, 3.8) is 0 Å². The van der Waals surface area contributed by atoms with Gasteiger partial charge in [0.25, 0.3) is 10.0 Å². The van der Waals surface area contributed by atoms with Gasteiger partial charge in [-0.15, -0.1) is 0 Å². The first-order valence-electron chi connectivity index (χ1n) is 6.03. The summed E-state index contributed by atoms with van der Waals surface area (Å²) >= 11 is 11.8. The van der Waals surface area contributed by atoms with Crippen LogP contribution in [0.3, 0.4) is 0 Å². The molecule has 0 aliphatic rings. The average molecular weight is 349 g/mol. The number of nitrogens with one attached hydrogen (secondary N) is 1. The average Bonchev–Trinajstić information content (AvgIpc) is 2.67. The fourth-order valence-electron chi connectivity index (χ4n) is 2.07. The molecule has 2 aromatic rings. The Kier molecular flexibility index (Phi) is 4.53. The van der Waals surface area contributed by atoms with Gasteiger partial charge in [0.15, 0.2) is 0 Å². The molecule has 114 valence electrons. The van der Waals surface area contributed by atoms with Gasteiger partial charge in [0, 0.05) is 17.1 Å². The minimum atomic E-state index is -3.85. The van der Waals surface area contributed by atoms with Crippen LogP contribution in [-0.4, -0.2) is 8.42 Å². The first-order valence-corrected chi connectivity index (χ1v) is 8.27. The van der Waals surface area contributed by atoms with E-state index >= 15 is 0 Å². The molecule has 0 bridgehead atoms. The van der Waals surface area contributed by atoms with Crippen LogP contribution in [0.4, 0.5) is 5.69 Å². The summed E-state index contributed by atoms with van der Waals surface area (Å²) in [7, 11) is -3.85. The van der Waals surface area contributed by atoms with Crippen LogP contribution in [-0.2, 0) is 16.6 Å². The molecule has 1 aromatic heterocycles. The fraction of sp³-hybridized carbons (Fsp3) is 0.231. The Hall–Kier alpha value is -1.21. The molecular weight excluding hydrogens is 335 g/mol. The van der Waals surface area contributed by atoms with Crippen LogP contribution in [0.15, 0.2) is 27.5 Å². The first kappa shape index (κ1) is 16.2. The smallest absolute Gasteiger partial charge is 0.265 e. The molecule has 0 unspecified atom stereocenters. The third-order valence-corrected chi connectivity index (χ3v) is 5.08. The predicted octanol–water partition coefficient (Wildman–Crippen LogP) is 3.46. The van der Waals surface area contributed by atoms with Gasteiger partial charge in [0.2, 0.25) is 0 Å². The number of furan rings is 1. The maximum atomic E-state index is 12.5. The molecule has 2 rings (SSSR count). The quantitative estimate of drug-likeness (QED) is 0.885. The van der Waals surface area contributed by atoms with Gasteiger partial charge in [-0.05, 0) is 32.0 Å². The molecule has 5 nitrogen and oxygen atoms in total. The zero-order valence-corrected chi connectivity index (χ0v) is 13.7. The molecule has 0 spiro atoms. The predicted molar refractivity (Wildman–Crippen MR) is 83.3 cm³/mol. The normalized spacial score (nSPS) is 11.7. The van der Waals surface area contributed by atoms with Crippen LogP contribution in [0, 0.1) is 13.8 Å². The Labute approximate surface area is 133 Å². The number of hydrogen-bond donors (Lipinski definition) is 2. The Morgan fingerprint density at radius 2 is 1.90 bits per heavy atom. The maximum absolute atomic E-state index is 12.5. The lowest BCUT2D eigenvalue weighted by molar-refractivity contribution is 0.494. The summed E-state index contributed by atoms with van der Waals surface area (Å²) < 4.78 is 32.9. The second kappa shape index (κ2) is 5.88. The molecule has 0 aliphatic heterocycles. The van der Waals surface area contributed by atoms with Gasteiger partial charge in [-0.1, -0.05) is 23.2 Å². The highest BCUT2D eigenvalue weighted by Crippen LogP contribution is 2.31. The first-order chi connectivity index (χ1) is 9.76. The van der Waals surface area contributed by atoms with Gasteiger partial charge in [-0.2, -0.15) is 0 Å². The van der Waals surface area contributed by atoms with E-state index in [0.717, 1.165) is 0 Å². The van der Waals surface area contributed by atoms with Crippen LogP contribution in [0.2, 0.25) is 10.0 Å². The van der Waals surface area contributed by atoms with Gasteiger partial charge in [0.05, 0.1) is 10.7 Å². The van der Waals surface area contributed by atoms with Crippen LogP contribution < -0.4 is 10.5 Å². The molecule has 0 saturated carbocycles. The van der Waals surface area contributed by atoms with E-state index in [2.05, 4.69) is 4.72 Å². The largest absolute Gasteiger partial charge is 0.465 e. The van der Waals surface area contributed by atoms with Crippen molar-refractivity contribution in [1.82, 2.24) is 0 Å². The van der Waals surface area contributed by atoms with Crippen LogP contribution in [0.1, 0.15) is 17.1 Å². The SMILES string of the molecule is Cc1oc(C)c(S(=O)(=O)Nc2ccc(Cl)cc2Cl)c1CN. The number of anilines is 1. The van der Waals surface area contributed by atoms with E-state index in [1.807, 2.05) is 0 Å². The van der Waals surface area contributed by atoms with Crippen molar-refractivity contribution in [2.75, 3.05) is 4.72 Å². The summed E-state index contributed by atoms with van der Waals surface area (Å²) in [5.41, 5.74) is 6.30. The maximum Gasteiger partial charge on any atom is 0.265 e. The summed E-state index contributed by atoms with van der Waals surface area (Å²) in [5.74, 6) is 0.767. The Morgan fingerprint density at radius 3 is 2.48 bits per heavy atom.